The second-order valence-electron chi connectivity index (χ2n) is 3.87. The first-order chi connectivity index (χ1) is 8.61. The van der Waals surface area contributed by atoms with Crippen LogP contribution in [0.3, 0.4) is 0 Å². The van der Waals surface area contributed by atoms with E-state index >= 15 is 0 Å². The van der Waals surface area contributed by atoms with E-state index in [9.17, 15) is 4.79 Å². The Hall–Kier alpha value is -2.37. The van der Waals surface area contributed by atoms with Crippen molar-refractivity contribution in [3.63, 3.8) is 0 Å². The summed E-state index contributed by atoms with van der Waals surface area (Å²) in [5.41, 5.74) is 2.34. The molecule has 2 rings (SSSR count). The average Bonchev–Trinajstić information content (AvgIpc) is 2.70. The van der Waals surface area contributed by atoms with Gasteiger partial charge in [-0.15, -0.1) is 0 Å². The van der Waals surface area contributed by atoms with Crippen molar-refractivity contribution in [3.05, 3.63) is 35.9 Å². The molecule has 0 aliphatic heterocycles. The van der Waals surface area contributed by atoms with Gasteiger partial charge in [0.05, 0.1) is 28.8 Å². The van der Waals surface area contributed by atoms with Gasteiger partial charge in [-0.1, -0.05) is 6.92 Å². The summed E-state index contributed by atoms with van der Waals surface area (Å²) in [4.78, 5) is 15.0. The molecule has 2 aromatic heterocycles. The number of rotatable bonds is 4. The number of hydrogen-bond acceptors (Lipinski definition) is 4. The summed E-state index contributed by atoms with van der Waals surface area (Å²) in [6, 6.07) is 1.46. The molecule has 2 aromatic rings. The third-order valence-corrected chi connectivity index (χ3v) is 2.56. The Morgan fingerprint density at radius 2 is 2.28 bits per heavy atom. The van der Waals surface area contributed by atoms with Crippen LogP contribution in [0.15, 0.2) is 24.7 Å². The highest BCUT2D eigenvalue weighted by atomic mass is 16.4. The zero-order chi connectivity index (χ0) is 13.1. The Balaban J connectivity index is 2.36. The van der Waals surface area contributed by atoms with Gasteiger partial charge in [-0.2, -0.15) is 5.10 Å². The molecule has 0 bridgehead atoms. The average molecular weight is 246 g/mol. The number of aromatic nitrogens is 3. The van der Waals surface area contributed by atoms with Crippen LogP contribution in [0.4, 0.5) is 11.4 Å². The molecule has 6 heteroatoms. The van der Waals surface area contributed by atoms with Crippen molar-refractivity contribution < 1.29 is 9.90 Å². The molecule has 0 saturated heterocycles. The Bertz CT molecular complexity index is 577. The highest BCUT2D eigenvalue weighted by Crippen LogP contribution is 2.22. The summed E-state index contributed by atoms with van der Waals surface area (Å²) < 4.78 is 1.69. The van der Waals surface area contributed by atoms with Crippen LogP contribution in [0.5, 0.6) is 0 Å². The molecule has 0 spiro atoms. The van der Waals surface area contributed by atoms with Crippen LogP contribution in [0.1, 0.15) is 23.0 Å². The molecule has 0 atom stereocenters. The lowest BCUT2D eigenvalue weighted by Gasteiger charge is -2.07. The molecule has 6 nitrogen and oxygen atoms in total. The van der Waals surface area contributed by atoms with Gasteiger partial charge >= 0.3 is 5.97 Å². The zero-order valence-corrected chi connectivity index (χ0v) is 10.2. The summed E-state index contributed by atoms with van der Waals surface area (Å²) in [6.45, 7) is 1.99. The van der Waals surface area contributed by atoms with E-state index in [1.807, 2.05) is 20.2 Å². The van der Waals surface area contributed by atoms with Crippen LogP contribution < -0.4 is 5.32 Å². The molecule has 0 aliphatic rings. The molecule has 0 fully saturated rings. The first kappa shape index (κ1) is 12.1. The van der Waals surface area contributed by atoms with Crippen LogP contribution in [0, 0.1) is 0 Å². The minimum Gasteiger partial charge on any atom is -0.478 e. The molecule has 94 valence electrons. The zero-order valence-electron chi connectivity index (χ0n) is 10.2. The van der Waals surface area contributed by atoms with E-state index in [2.05, 4.69) is 15.4 Å². The maximum absolute atomic E-state index is 11.1. The van der Waals surface area contributed by atoms with Gasteiger partial charge in [0.1, 0.15) is 0 Å². The summed E-state index contributed by atoms with van der Waals surface area (Å²) >= 11 is 0. The first-order valence-electron chi connectivity index (χ1n) is 5.58. The fourth-order valence-electron chi connectivity index (χ4n) is 1.73. The highest BCUT2D eigenvalue weighted by molar-refractivity contribution is 5.94. The SMILES string of the molecule is CCc1nn(C)cc1Nc1cnccc1C(=O)O. The van der Waals surface area contributed by atoms with Crippen molar-refractivity contribution in [2.45, 2.75) is 13.3 Å². The number of anilines is 2. The molecule has 2 N–H and O–H groups in total. The number of carboxylic acids is 1. The van der Waals surface area contributed by atoms with Crippen molar-refractivity contribution in [2.75, 3.05) is 5.32 Å². The van der Waals surface area contributed by atoms with Gasteiger partial charge in [-0.3, -0.25) is 9.67 Å². The van der Waals surface area contributed by atoms with Crippen molar-refractivity contribution in [3.8, 4) is 0 Å². The normalized spacial score (nSPS) is 10.3. The number of pyridine rings is 1. The molecule has 0 amide bonds. The summed E-state index contributed by atoms with van der Waals surface area (Å²) in [7, 11) is 1.83. The van der Waals surface area contributed by atoms with Crippen LogP contribution in [-0.2, 0) is 13.5 Å². The molecule has 0 saturated carbocycles. The molecular weight excluding hydrogens is 232 g/mol. The summed E-state index contributed by atoms with van der Waals surface area (Å²) in [5, 5.41) is 16.4. The Morgan fingerprint density at radius 3 is 2.94 bits per heavy atom. The van der Waals surface area contributed by atoms with E-state index in [4.69, 9.17) is 5.11 Å². The number of nitrogens with zero attached hydrogens (tertiary/aromatic N) is 3. The maximum Gasteiger partial charge on any atom is 0.337 e. The lowest BCUT2D eigenvalue weighted by molar-refractivity contribution is 0.0698. The van der Waals surface area contributed by atoms with E-state index < -0.39 is 5.97 Å². The Kier molecular flexibility index (Phi) is 3.27. The first-order valence-corrected chi connectivity index (χ1v) is 5.58. The van der Waals surface area contributed by atoms with Gasteiger partial charge in [0.2, 0.25) is 0 Å². The molecule has 18 heavy (non-hydrogen) atoms. The molecule has 0 radical (unpaired) electrons. The number of hydrogen-bond donors (Lipinski definition) is 2. The molecule has 0 aliphatic carbocycles. The Morgan fingerprint density at radius 1 is 1.50 bits per heavy atom. The molecule has 2 heterocycles. The van der Waals surface area contributed by atoms with Crippen molar-refractivity contribution in [1.29, 1.82) is 0 Å². The number of aryl methyl sites for hydroxylation is 2. The molecule has 0 unspecified atom stereocenters. The quantitative estimate of drug-likeness (QED) is 0.860. The van der Waals surface area contributed by atoms with E-state index in [1.54, 1.807) is 4.68 Å². The molecular formula is C12H14N4O2. The van der Waals surface area contributed by atoms with Crippen molar-refractivity contribution in [1.82, 2.24) is 14.8 Å². The highest BCUT2D eigenvalue weighted by Gasteiger charge is 2.12. The van der Waals surface area contributed by atoms with E-state index in [0.717, 1.165) is 17.8 Å². The minimum absolute atomic E-state index is 0.191. The second-order valence-corrected chi connectivity index (χ2v) is 3.87. The van der Waals surface area contributed by atoms with Gasteiger partial charge in [-0.05, 0) is 12.5 Å². The van der Waals surface area contributed by atoms with Crippen LogP contribution >= 0.6 is 0 Å². The van der Waals surface area contributed by atoms with Crippen molar-refractivity contribution >= 4 is 17.3 Å². The van der Waals surface area contributed by atoms with Crippen molar-refractivity contribution in [2.24, 2.45) is 7.05 Å². The third kappa shape index (κ3) is 2.32. The van der Waals surface area contributed by atoms with E-state index in [0.29, 0.717) is 5.69 Å². The minimum atomic E-state index is -0.984. The largest absolute Gasteiger partial charge is 0.478 e. The monoisotopic (exact) mass is 246 g/mol. The number of carboxylic acid groups (broad SMARTS) is 1. The smallest absolute Gasteiger partial charge is 0.337 e. The fourth-order valence-corrected chi connectivity index (χ4v) is 1.73. The summed E-state index contributed by atoms with van der Waals surface area (Å²) in [5.74, 6) is -0.984. The van der Waals surface area contributed by atoms with Gasteiger partial charge in [-0.25, -0.2) is 4.79 Å². The lowest BCUT2D eigenvalue weighted by atomic mass is 10.2. The second kappa shape index (κ2) is 4.87. The third-order valence-electron chi connectivity index (χ3n) is 2.56. The number of nitrogens with one attached hydrogen (secondary N) is 1. The van der Waals surface area contributed by atoms with Crippen LogP contribution in [0.25, 0.3) is 0 Å². The summed E-state index contributed by atoms with van der Waals surface area (Å²) in [6.07, 6.45) is 5.54. The number of aromatic carboxylic acids is 1. The van der Waals surface area contributed by atoms with Crippen LogP contribution in [-0.4, -0.2) is 25.8 Å². The van der Waals surface area contributed by atoms with E-state index in [1.165, 1.54) is 18.5 Å². The van der Waals surface area contributed by atoms with Gasteiger partial charge in [0.15, 0.2) is 0 Å². The number of carbonyl (C=O) groups is 1. The Labute approximate surface area is 104 Å². The van der Waals surface area contributed by atoms with Crippen LogP contribution in [0.2, 0.25) is 0 Å². The standard InChI is InChI=1S/C12H14N4O2/c1-3-9-11(7-16(2)15-9)14-10-6-13-5-4-8(10)12(17)18/h4-7,14H,3H2,1-2H3,(H,17,18). The van der Waals surface area contributed by atoms with E-state index in [-0.39, 0.29) is 5.56 Å². The van der Waals surface area contributed by atoms with Gasteiger partial charge in [0.25, 0.3) is 0 Å². The lowest BCUT2D eigenvalue weighted by Crippen LogP contribution is -2.03. The topological polar surface area (TPSA) is 80.0 Å². The van der Waals surface area contributed by atoms with Gasteiger partial charge in [0, 0.05) is 19.4 Å². The maximum atomic E-state index is 11.1. The predicted molar refractivity (Wildman–Crippen MR) is 67.1 cm³/mol. The predicted octanol–water partition coefficient (Wildman–Crippen LogP) is 1.82. The molecule has 0 aromatic carbocycles. The fraction of sp³-hybridized carbons (Fsp3) is 0.250. The van der Waals surface area contributed by atoms with Gasteiger partial charge < -0.3 is 10.4 Å².